The summed E-state index contributed by atoms with van der Waals surface area (Å²) in [5.41, 5.74) is 2.48. The van der Waals surface area contributed by atoms with Crippen LogP contribution in [0.25, 0.3) is 0 Å². The van der Waals surface area contributed by atoms with E-state index in [9.17, 15) is 9.59 Å². The molecule has 2 aromatic rings. The lowest BCUT2D eigenvalue weighted by Gasteiger charge is -2.10. The van der Waals surface area contributed by atoms with E-state index in [0.29, 0.717) is 35.9 Å². The van der Waals surface area contributed by atoms with E-state index in [4.69, 9.17) is 9.47 Å². The Morgan fingerprint density at radius 2 is 1.89 bits per heavy atom. The van der Waals surface area contributed by atoms with Gasteiger partial charge in [-0.2, -0.15) is 0 Å². The molecular formula is C21H27NO4S. The molecule has 0 aliphatic rings. The molecule has 1 amide bonds. The average Bonchev–Trinajstić information content (AvgIpc) is 3.02. The molecular weight excluding hydrogens is 362 g/mol. The number of esters is 1. The van der Waals surface area contributed by atoms with Gasteiger partial charge in [-0.15, -0.1) is 11.3 Å². The second-order valence-corrected chi connectivity index (χ2v) is 7.56. The quantitative estimate of drug-likeness (QED) is 0.631. The highest BCUT2D eigenvalue weighted by Gasteiger charge is 2.22. The Bertz CT molecular complexity index is 765. The molecule has 0 radical (unpaired) electrons. The van der Waals surface area contributed by atoms with Crippen molar-refractivity contribution in [2.24, 2.45) is 5.92 Å². The highest BCUT2D eigenvalue weighted by atomic mass is 32.1. The highest BCUT2D eigenvalue weighted by Crippen LogP contribution is 2.31. The molecule has 5 nitrogen and oxygen atoms in total. The molecule has 6 heteroatoms. The number of methoxy groups -OCH3 is 1. The molecule has 0 atom stereocenters. The van der Waals surface area contributed by atoms with Gasteiger partial charge in [-0.3, -0.25) is 4.79 Å². The Kier molecular flexibility index (Phi) is 7.85. The van der Waals surface area contributed by atoms with Crippen molar-refractivity contribution in [1.82, 2.24) is 0 Å². The number of amides is 1. The molecule has 1 aromatic carbocycles. The number of hydrogen-bond acceptors (Lipinski definition) is 5. The van der Waals surface area contributed by atoms with Crippen molar-refractivity contribution in [3.63, 3.8) is 0 Å². The zero-order chi connectivity index (χ0) is 19.8. The monoisotopic (exact) mass is 389 g/mol. The summed E-state index contributed by atoms with van der Waals surface area (Å²) in [7, 11) is 1.62. The van der Waals surface area contributed by atoms with Crippen LogP contribution in [-0.2, 0) is 22.4 Å². The summed E-state index contributed by atoms with van der Waals surface area (Å²) in [6, 6.07) is 7.65. The van der Waals surface area contributed by atoms with E-state index < -0.39 is 0 Å². The van der Waals surface area contributed by atoms with Gasteiger partial charge in [-0.05, 0) is 54.3 Å². The second kappa shape index (κ2) is 10.1. The summed E-state index contributed by atoms with van der Waals surface area (Å²) >= 11 is 1.38. The second-order valence-electron chi connectivity index (χ2n) is 6.68. The standard InChI is InChI=1S/C21H27NO4S/c1-5-26-21(24)19-16(12-14(2)3)13-27-20(19)22-18(23)11-8-15-6-9-17(25-4)10-7-15/h6-7,9-10,13-14H,5,8,11-12H2,1-4H3,(H,22,23). The first-order valence-electron chi connectivity index (χ1n) is 9.14. The van der Waals surface area contributed by atoms with Gasteiger partial charge >= 0.3 is 5.97 Å². The summed E-state index contributed by atoms with van der Waals surface area (Å²) in [5, 5.41) is 5.40. The maximum Gasteiger partial charge on any atom is 0.341 e. The largest absolute Gasteiger partial charge is 0.497 e. The SMILES string of the molecule is CCOC(=O)c1c(CC(C)C)csc1NC(=O)CCc1ccc(OC)cc1. The molecule has 2 rings (SSSR count). The Hall–Kier alpha value is -2.34. The van der Waals surface area contributed by atoms with E-state index in [2.05, 4.69) is 19.2 Å². The van der Waals surface area contributed by atoms with Gasteiger partial charge in [0.1, 0.15) is 10.8 Å². The third-order valence-corrected chi connectivity index (χ3v) is 4.97. The minimum absolute atomic E-state index is 0.116. The first-order valence-corrected chi connectivity index (χ1v) is 10.0. The van der Waals surface area contributed by atoms with Crippen LogP contribution in [0, 0.1) is 5.92 Å². The molecule has 0 aliphatic carbocycles. The smallest absolute Gasteiger partial charge is 0.341 e. The van der Waals surface area contributed by atoms with Crippen LogP contribution in [0.1, 0.15) is 48.7 Å². The molecule has 0 saturated carbocycles. The molecule has 0 saturated heterocycles. The number of anilines is 1. The molecule has 1 N–H and O–H groups in total. The predicted octanol–water partition coefficient (Wildman–Crippen LogP) is 4.70. The molecule has 1 aromatic heterocycles. The lowest BCUT2D eigenvalue weighted by molar-refractivity contribution is -0.116. The number of rotatable bonds is 9. The van der Waals surface area contributed by atoms with Crippen LogP contribution in [0.4, 0.5) is 5.00 Å². The number of carbonyl (C=O) groups is 2. The van der Waals surface area contributed by atoms with E-state index in [0.717, 1.165) is 23.3 Å². The first-order chi connectivity index (χ1) is 12.9. The van der Waals surface area contributed by atoms with E-state index in [1.54, 1.807) is 14.0 Å². The fourth-order valence-corrected chi connectivity index (χ4v) is 3.72. The summed E-state index contributed by atoms with van der Waals surface area (Å²) in [5.74, 6) is 0.708. The number of hydrogen-bond donors (Lipinski definition) is 1. The van der Waals surface area contributed by atoms with Crippen LogP contribution in [0.2, 0.25) is 0 Å². The maximum absolute atomic E-state index is 12.4. The summed E-state index contributed by atoms with van der Waals surface area (Å²) < 4.78 is 10.3. The van der Waals surface area contributed by atoms with Crippen molar-refractivity contribution in [3.8, 4) is 5.75 Å². The van der Waals surface area contributed by atoms with Crippen LogP contribution < -0.4 is 10.1 Å². The summed E-state index contributed by atoms with van der Waals surface area (Å²) in [4.78, 5) is 24.8. The van der Waals surface area contributed by atoms with Gasteiger partial charge < -0.3 is 14.8 Å². The van der Waals surface area contributed by atoms with Crippen molar-refractivity contribution in [2.45, 2.75) is 40.0 Å². The van der Waals surface area contributed by atoms with Gasteiger partial charge in [-0.1, -0.05) is 26.0 Å². The lowest BCUT2D eigenvalue weighted by Crippen LogP contribution is -2.16. The van der Waals surface area contributed by atoms with Crippen LogP contribution in [-0.4, -0.2) is 25.6 Å². The summed E-state index contributed by atoms with van der Waals surface area (Å²) in [6.45, 7) is 6.28. The first kappa shape index (κ1) is 21.0. The normalized spacial score (nSPS) is 10.7. The van der Waals surface area contributed by atoms with Gasteiger partial charge in [0.25, 0.3) is 0 Å². The van der Waals surface area contributed by atoms with Crippen LogP contribution in [0.15, 0.2) is 29.6 Å². The Labute approximate surface area is 164 Å². The molecule has 146 valence electrons. The third-order valence-electron chi connectivity index (χ3n) is 4.03. The van der Waals surface area contributed by atoms with Gasteiger partial charge in [0.05, 0.1) is 19.3 Å². The third kappa shape index (κ3) is 6.10. The number of aryl methyl sites for hydroxylation is 1. The van der Waals surface area contributed by atoms with Gasteiger partial charge in [-0.25, -0.2) is 4.79 Å². The zero-order valence-electron chi connectivity index (χ0n) is 16.3. The molecule has 27 heavy (non-hydrogen) atoms. The number of carbonyl (C=O) groups excluding carboxylic acids is 2. The number of benzene rings is 1. The fourth-order valence-electron chi connectivity index (χ4n) is 2.74. The van der Waals surface area contributed by atoms with Crippen LogP contribution in [0.3, 0.4) is 0 Å². The summed E-state index contributed by atoms with van der Waals surface area (Å²) in [6.07, 6.45) is 1.73. The molecule has 0 aliphatic heterocycles. The van der Waals surface area contributed by atoms with E-state index in [-0.39, 0.29) is 11.9 Å². The molecule has 0 fully saturated rings. The topological polar surface area (TPSA) is 64.6 Å². The van der Waals surface area contributed by atoms with E-state index in [1.165, 1.54) is 11.3 Å². The minimum atomic E-state index is -0.375. The molecule has 1 heterocycles. The van der Waals surface area contributed by atoms with E-state index in [1.807, 2.05) is 29.6 Å². The number of thiophene rings is 1. The van der Waals surface area contributed by atoms with Crippen molar-refractivity contribution in [2.75, 3.05) is 19.0 Å². The Morgan fingerprint density at radius 3 is 2.48 bits per heavy atom. The van der Waals surface area contributed by atoms with Crippen LogP contribution >= 0.6 is 11.3 Å². The van der Waals surface area contributed by atoms with E-state index >= 15 is 0 Å². The zero-order valence-corrected chi connectivity index (χ0v) is 17.2. The van der Waals surface area contributed by atoms with Gasteiger partial charge in [0, 0.05) is 6.42 Å². The predicted molar refractivity (Wildman–Crippen MR) is 109 cm³/mol. The highest BCUT2D eigenvalue weighted by molar-refractivity contribution is 7.15. The lowest BCUT2D eigenvalue weighted by atomic mass is 10.0. The van der Waals surface area contributed by atoms with Crippen molar-refractivity contribution < 1.29 is 19.1 Å². The Morgan fingerprint density at radius 1 is 1.19 bits per heavy atom. The molecule has 0 spiro atoms. The van der Waals surface area contributed by atoms with Crippen molar-refractivity contribution in [3.05, 3.63) is 46.3 Å². The number of ether oxygens (including phenoxy) is 2. The van der Waals surface area contributed by atoms with Crippen LogP contribution in [0.5, 0.6) is 5.75 Å². The minimum Gasteiger partial charge on any atom is -0.497 e. The van der Waals surface area contributed by atoms with Crippen molar-refractivity contribution in [1.29, 1.82) is 0 Å². The Balaban J connectivity index is 2.04. The fraction of sp³-hybridized carbons (Fsp3) is 0.429. The molecule has 0 bridgehead atoms. The van der Waals surface area contributed by atoms with Gasteiger partial charge in [0.2, 0.25) is 5.91 Å². The van der Waals surface area contributed by atoms with Gasteiger partial charge in [0.15, 0.2) is 0 Å². The maximum atomic E-state index is 12.4. The van der Waals surface area contributed by atoms with Crippen molar-refractivity contribution >= 4 is 28.2 Å². The molecule has 0 unspecified atom stereocenters. The number of nitrogens with one attached hydrogen (secondary N) is 1. The average molecular weight is 390 g/mol.